The minimum Gasteiger partial charge on any atom is -0.300 e. The van der Waals surface area contributed by atoms with Gasteiger partial charge in [0.1, 0.15) is 0 Å². The maximum absolute atomic E-state index is 4.55. The Kier molecular flexibility index (Phi) is 5.94. The van der Waals surface area contributed by atoms with E-state index >= 15 is 0 Å². The molecule has 0 aliphatic heterocycles. The predicted molar refractivity (Wildman–Crippen MR) is 89.4 cm³/mol. The van der Waals surface area contributed by atoms with Gasteiger partial charge in [0.05, 0.1) is 5.69 Å². The lowest BCUT2D eigenvalue weighted by Crippen LogP contribution is -2.24. The average Bonchev–Trinajstić information content (AvgIpc) is 2.54. The molecule has 0 aliphatic carbocycles. The van der Waals surface area contributed by atoms with Crippen LogP contribution in [0.4, 0.5) is 0 Å². The standard InChI is InChI=1S/C19H26N2/c1-4-16-11-12-19(20-13-16)15-21(3)14-17(5-2)18-9-7-6-8-10-18/h6-13,17H,4-5,14-15H2,1-3H3/t17-/m1/s1. The number of aromatic nitrogens is 1. The number of hydrogen-bond donors (Lipinski definition) is 0. The maximum atomic E-state index is 4.55. The Hall–Kier alpha value is -1.67. The second kappa shape index (κ2) is 7.94. The van der Waals surface area contributed by atoms with Gasteiger partial charge in [0.2, 0.25) is 0 Å². The molecule has 2 heteroatoms. The fourth-order valence-corrected chi connectivity index (χ4v) is 2.67. The first-order chi connectivity index (χ1) is 10.2. The van der Waals surface area contributed by atoms with Crippen LogP contribution in [0, 0.1) is 0 Å². The van der Waals surface area contributed by atoms with Gasteiger partial charge in [-0.15, -0.1) is 0 Å². The molecule has 21 heavy (non-hydrogen) atoms. The van der Waals surface area contributed by atoms with E-state index in [0.717, 1.165) is 31.6 Å². The lowest BCUT2D eigenvalue weighted by molar-refractivity contribution is 0.296. The highest BCUT2D eigenvalue weighted by molar-refractivity contribution is 5.20. The lowest BCUT2D eigenvalue weighted by atomic mass is 9.96. The SMILES string of the molecule is CCc1ccc(CN(C)C[C@@H](CC)c2ccccc2)nc1. The highest BCUT2D eigenvalue weighted by atomic mass is 15.1. The van der Waals surface area contributed by atoms with Crippen LogP contribution in [-0.2, 0) is 13.0 Å². The van der Waals surface area contributed by atoms with Gasteiger partial charge in [-0.3, -0.25) is 9.88 Å². The molecule has 0 N–H and O–H groups in total. The first-order valence-electron chi connectivity index (χ1n) is 7.90. The number of aryl methyl sites for hydroxylation is 1. The molecule has 0 bridgehead atoms. The molecule has 2 rings (SSSR count). The molecule has 0 unspecified atom stereocenters. The molecule has 112 valence electrons. The van der Waals surface area contributed by atoms with Gasteiger partial charge in [0.25, 0.3) is 0 Å². The van der Waals surface area contributed by atoms with Crippen molar-refractivity contribution in [2.75, 3.05) is 13.6 Å². The van der Waals surface area contributed by atoms with Crippen molar-refractivity contribution in [1.82, 2.24) is 9.88 Å². The van der Waals surface area contributed by atoms with Gasteiger partial charge in [-0.05, 0) is 43.0 Å². The third kappa shape index (κ3) is 4.68. The molecule has 0 spiro atoms. The third-order valence-corrected chi connectivity index (χ3v) is 4.02. The van der Waals surface area contributed by atoms with Gasteiger partial charge >= 0.3 is 0 Å². The van der Waals surface area contributed by atoms with Crippen molar-refractivity contribution in [1.29, 1.82) is 0 Å². The Morgan fingerprint density at radius 2 is 1.81 bits per heavy atom. The van der Waals surface area contributed by atoms with Crippen molar-refractivity contribution in [2.24, 2.45) is 0 Å². The third-order valence-electron chi connectivity index (χ3n) is 4.02. The maximum Gasteiger partial charge on any atom is 0.0544 e. The summed E-state index contributed by atoms with van der Waals surface area (Å²) < 4.78 is 0. The normalized spacial score (nSPS) is 12.6. The molecule has 1 aromatic carbocycles. The van der Waals surface area contributed by atoms with E-state index in [2.05, 4.69) is 73.2 Å². The van der Waals surface area contributed by atoms with Crippen molar-refractivity contribution >= 4 is 0 Å². The van der Waals surface area contributed by atoms with Crippen molar-refractivity contribution in [3.05, 3.63) is 65.5 Å². The summed E-state index contributed by atoms with van der Waals surface area (Å²) in [6.45, 7) is 6.40. The summed E-state index contributed by atoms with van der Waals surface area (Å²) in [5, 5.41) is 0. The summed E-state index contributed by atoms with van der Waals surface area (Å²) in [4.78, 5) is 6.92. The van der Waals surface area contributed by atoms with Gasteiger partial charge in [-0.1, -0.05) is 50.2 Å². The van der Waals surface area contributed by atoms with Gasteiger partial charge in [-0.2, -0.15) is 0 Å². The minimum atomic E-state index is 0.589. The summed E-state index contributed by atoms with van der Waals surface area (Å²) in [6.07, 6.45) is 4.21. The zero-order valence-electron chi connectivity index (χ0n) is 13.4. The number of pyridine rings is 1. The molecule has 0 amide bonds. The van der Waals surface area contributed by atoms with Crippen molar-refractivity contribution in [2.45, 2.75) is 39.2 Å². The van der Waals surface area contributed by atoms with Crippen LogP contribution in [0.25, 0.3) is 0 Å². The van der Waals surface area contributed by atoms with E-state index in [4.69, 9.17) is 0 Å². The first kappa shape index (κ1) is 15.7. The first-order valence-corrected chi connectivity index (χ1v) is 7.90. The molecule has 2 aromatic rings. The van der Waals surface area contributed by atoms with E-state index < -0.39 is 0 Å². The number of nitrogens with zero attached hydrogens (tertiary/aromatic N) is 2. The highest BCUT2D eigenvalue weighted by Crippen LogP contribution is 2.20. The van der Waals surface area contributed by atoms with E-state index in [1.54, 1.807) is 0 Å². The van der Waals surface area contributed by atoms with Crippen LogP contribution in [0.1, 0.15) is 43.0 Å². The second-order valence-corrected chi connectivity index (χ2v) is 5.72. The van der Waals surface area contributed by atoms with Crippen molar-refractivity contribution in [3.63, 3.8) is 0 Å². The zero-order valence-corrected chi connectivity index (χ0v) is 13.4. The Bertz CT molecular complexity index is 519. The van der Waals surface area contributed by atoms with E-state index in [9.17, 15) is 0 Å². The summed E-state index contributed by atoms with van der Waals surface area (Å²) in [5.74, 6) is 0.589. The lowest BCUT2D eigenvalue weighted by Gasteiger charge is -2.23. The fourth-order valence-electron chi connectivity index (χ4n) is 2.67. The van der Waals surface area contributed by atoms with Crippen LogP contribution in [0.15, 0.2) is 48.7 Å². The summed E-state index contributed by atoms with van der Waals surface area (Å²) in [5.41, 5.74) is 3.89. The van der Waals surface area contributed by atoms with E-state index in [1.165, 1.54) is 11.1 Å². The molecule has 0 saturated carbocycles. The zero-order chi connectivity index (χ0) is 15.1. The van der Waals surface area contributed by atoms with Crippen LogP contribution in [0.5, 0.6) is 0 Å². The molecule has 1 atom stereocenters. The summed E-state index contributed by atoms with van der Waals surface area (Å²) in [7, 11) is 2.18. The van der Waals surface area contributed by atoms with Crippen LogP contribution in [-0.4, -0.2) is 23.5 Å². The molecule has 0 aliphatic rings. The quantitative estimate of drug-likeness (QED) is 0.754. The van der Waals surface area contributed by atoms with Crippen LogP contribution in [0.2, 0.25) is 0 Å². The predicted octanol–water partition coefficient (Wildman–Crippen LogP) is 4.27. The highest BCUT2D eigenvalue weighted by Gasteiger charge is 2.12. The Labute approximate surface area is 128 Å². The molecular formula is C19H26N2. The van der Waals surface area contributed by atoms with Gasteiger partial charge in [0.15, 0.2) is 0 Å². The second-order valence-electron chi connectivity index (χ2n) is 5.72. The summed E-state index contributed by atoms with van der Waals surface area (Å²) in [6, 6.07) is 15.1. The summed E-state index contributed by atoms with van der Waals surface area (Å²) >= 11 is 0. The van der Waals surface area contributed by atoms with Gasteiger partial charge in [0, 0.05) is 19.3 Å². The van der Waals surface area contributed by atoms with Crippen molar-refractivity contribution in [3.8, 4) is 0 Å². The fraction of sp³-hybridized carbons (Fsp3) is 0.421. The van der Waals surface area contributed by atoms with Crippen LogP contribution < -0.4 is 0 Å². The van der Waals surface area contributed by atoms with Crippen molar-refractivity contribution < 1.29 is 0 Å². The molecule has 1 heterocycles. The molecule has 1 aromatic heterocycles. The molecule has 0 saturated heterocycles. The number of likely N-dealkylation sites (N-methyl/N-ethyl adjacent to an activating group) is 1. The largest absolute Gasteiger partial charge is 0.300 e. The van der Waals surface area contributed by atoms with E-state index in [0.29, 0.717) is 5.92 Å². The monoisotopic (exact) mass is 282 g/mol. The number of rotatable bonds is 7. The average molecular weight is 282 g/mol. The molecular weight excluding hydrogens is 256 g/mol. The van der Waals surface area contributed by atoms with Gasteiger partial charge in [-0.25, -0.2) is 0 Å². The Balaban J connectivity index is 1.94. The van der Waals surface area contributed by atoms with Crippen LogP contribution in [0.3, 0.4) is 0 Å². The Morgan fingerprint density at radius 1 is 1.05 bits per heavy atom. The number of benzene rings is 1. The molecule has 0 fully saturated rings. The number of hydrogen-bond acceptors (Lipinski definition) is 2. The van der Waals surface area contributed by atoms with E-state index in [-0.39, 0.29) is 0 Å². The molecule has 0 radical (unpaired) electrons. The smallest absolute Gasteiger partial charge is 0.0544 e. The minimum absolute atomic E-state index is 0.589. The van der Waals surface area contributed by atoms with E-state index in [1.807, 2.05) is 6.20 Å². The Morgan fingerprint density at radius 3 is 2.38 bits per heavy atom. The van der Waals surface area contributed by atoms with Gasteiger partial charge < -0.3 is 0 Å². The van der Waals surface area contributed by atoms with Crippen LogP contribution >= 0.6 is 0 Å². The molecule has 2 nitrogen and oxygen atoms in total. The topological polar surface area (TPSA) is 16.1 Å².